The summed E-state index contributed by atoms with van der Waals surface area (Å²) in [6.45, 7) is 2.75. The molecular weight excluding hydrogens is 379 g/mol. The first kappa shape index (κ1) is 19.2. The fourth-order valence-electron chi connectivity index (χ4n) is 2.64. The summed E-state index contributed by atoms with van der Waals surface area (Å²) >= 11 is 11.8. The summed E-state index contributed by atoms with van der Waals surface area (Å²) < 4.78 is 16.1. The molecule has 0 spiro atoms. The molecule has 1 aliphatic rings. The lowest BCUT2D eigenvalue weighted by Gasteiger charge is -2.08. The van der Waals surface area contributed by atoms with E-state index in [0.29, 0.717) is 47.2 Å². The van der Waals surface area contributed by atoms with Gasteiger partial charge in [-0.25, -0.2) is 0 Å². The molecule has 0 saturated carbocycles. The first-order valence-electron chi connectivity index (χ1n) is 8.40. The monoisotopic (exact) mass is 398 g/mol. The molecule has 1 saturated heterocycles. The largest absolute Gasteiger partial charge is 0.381 e. The van der Waals surface area contributed by atoms with Crippen LogP contribution >= 0.6 is 23.2 Å². The highest BCUT2D eigenvalue weighted by Gasteiger charge is 2.17. The maximum atomic E-state index is 11.9. The molecule has 1 aromatic heterocycles. The van der Waals surface area contributed by atoms with Crippen LogP contribution in [0.4, 0.5) is 0 Å². The van der Waals surface area contributed by atoms with Gasteiger partial charge in [0.05, 0.1) is 35.4 Å². The lowest BCUT2D eigenvalue weighted by molar-refractivity contribution is -0.120. The Balaban J connectivity index is 1.39. The van der Waals surface area contributed by atoms with Crippen molar-refractivity contribution in [3.05, 3.63) is 51.3 Å². The molecule has 140 valence electrons. The van der Waals surface area contributed by atoms with E-state index >= 15 is 0 Å². The van der Waals surface area contributed by atoms with Crippen LogP contribution < -0.4 is 5.32 Å². The molecule has 2 aromatic rings. The van der Waals surface area contributed by atoms with Gasteiger partial charge in [-0.15, -0.1) is 0 Å². The van der Waals surface area contributed by atoms with Crippen LogP contribution in [-0.4, -0.2) is 30.8 Å². The number of amides is 1. The predicted octanol–water partition coefficient (Wildman–Crippen LogP) is 3.39. The smallest absolute Gasteiger partial charge is 0.226 e. The highest BCUT2D eigenvalue weighted by Crippen LogP contribution is 2.23. The summed E-state index contributed by atoms with van der Waals surface area (Å²) in [7, 11) is 0. The van der Waals surface area contributed by atoms with Gasteiger partial charge in [0.1, 0.15) is 6.61 Å². The van der Waals surface area contributed by atoms with Crippen LogP contribution in [-0.2, 0) is 33.9 Å². The number of aromatic nitrogens is 1. The van der Waals surface area contributed by atoms with Crippen molar-refractivity contribution in [1.29, 1.82) is 0 Å². The van der Waals surface area contributed by atoms with Gasteiger partial charge in [0.2, 0.25) is 5.91 Å². The molecular formula is C18H20Cl2N2O4. The molecule has 1 atom stereocenters. The normalized spacial score (nSPS) is 16.8. The third-order valence-electron chi connectivity index (χ3n) is 4.06. The standard InChI is InChI=1S/C18H20Cl2N2O4/c19-16-2-1-12(5-17(16)20)9-25-11-15-6-14(22-26-15)7-18(23)21-8-13-3-4-24-10-13/h1-2,5-6,13H,3-4,7-11H2,(H,21,23). The van der Waals surface area contributed by atoms with Gasteiger partial charge >= 0.3 is 0 Å². The summed E-state index contributed by atoms with van der Waals surface area (Å²) in [6.07, 6.45) is 1.18. The van der Waals surface area contributed by atoms with Crippen LogP contribution in [0.25, 0.3) is 0 Å². The topological polar surface area (TPSA) is 73.6 Å². The minimum atomic E-state index is -0.0755. The Kier molecular flexibility index (Phi) is 6.91. The van der Waals surface area contributed by atoms with Gasteiger partial charge in [-0.3, -0.25) is 4.79 Å². The van der Waals surface area contributed by atoms with Gasteiger partial charge in [0.25, 0.3) is 0 Å². The van der Waals surface area contributed by atoms with E-state index in [1.807, 2.05) is 6.07 Å². The van der Waals surface area contributed by atoms with Gasteiger partial charge < -0.3 is 19.3 Å². The zero-order valence-corrected chi connectivity index (χ0v) is 15.7. The van der Waals surface area contributed by atoms with E-state index in [1.165, 1.54) is 0 Å². The van der Waals surface area contributed by atoms with Crippen LogP contribution in [0.2, 0.25) is 10.0 Å². The lowest BCUT2D eigenvalue weighted by Crippen LogP contribution is -2.30. The third-order valence-corrected chi connectivity index (χ3v) is 4.80. The molecule has 1 unspecified atom stereocenters. The molecule has 6 nitrogen and oxygen atoms in total. The molecule has 1 aromatic carbocycles. The molecule has 1 N–H and O–H groups in total. The van der Waals surface area contributed by atoms with Gasteiger partial charge in [0, 0.05) is 25.1 Å². The number of hydrogen-bond acceptors (Lipinski definition) is 5. The summed E-state index contributed by atoms with van der Waals surface area (Å²) in [5, 5.41) is 7.81. The summed E-state index contributed by atoms with van der Waals surface area (Å²) in [6, 6.07) is 7.06. The number of nitrogens with zero attached hydrogens (tertiary/aromatic N) is 1. The number of carbonyl (C=O) groups is 1. The summed E-state index contributed by atoms with van der Waals surface area (Å²) in [5.41, 5.74) is 1.49. The van der Waals surface area contributed by atoms with Crippen molar-refractivity contribution < 1.29 is 18.8 Å². The minimum Gasteiger partial charge on any atom is -0.381 e. The Morgan fingerprint density at radius 3 is 2.92 bits per heavy atom. The maximum absolute atomic E-state index is 11.9. The Hall–Kier alpha value is -1.60. The number of nitrogens with one attached hydrogen (secondary N) is 1. The first-order chi connectivity index (χ1) is 12.6. The molecule has 0 aliphatic carbocycles. The van der Waals surface area contributed by atoms with Crippen molar-refractivity contribution in [2.45, 2.75) is 26.1 Å². The molecule has 1 fully saturated rings. The quantitative estimate of drug-likeness (QED) is 0.737. The van der Waals surface area contributed by atoms with E-state index in [2.05, 4.69) is 10.5 Å². The molecule has 1 amide bonds. The van der Waals surface area contributed by atoms with E-state index in [1.54, 1.807) is 18.2 Å². The average Bonchev–Trinajstić information content (AvgIpc) is 3.28. The number of rotatable bonds is 8. The van der Waals surface area contributed by atoms with Crippen molar-refractivity contribution in [2.24, 2.45) is 5.92 Å². The van der Waals surface area contributed by atoms with Gasteiger partial charge in [-0.05, 0) is 24.1 Å². The fourth-order valence-corrected chi connectivity index (χ4v) is 2.96. The Morgan fingerprint density at radius 2 is 2.15 bits per heavy atom. The summed E-state index contributed by atoms with van der Waals surface area (Å²) in [4.78, 5) is 11.9. The lowest BCUT2D eigenvalue weighted by atomic mass is 10.1. The minimum absolute atomic E-state index is 0.0755. The predicted molar refractivity (Wildman–Crippen MR) is 97.1 cm³/mol. The molecule has 1 aliphatic heterocycles. The number of hydrogen-bond donors (Lipinski definition) is 1. The van der Waals surface area contributed by atoms with E-state index in [9.17, 15) is 4.79 Å². The van der Waals surface area contributed by atoms with Crippen LogP contribution in [0, 0.1) is 5.92 Å². The van der Waals surface area contributed by atoms with E-state index in [-0.39, 0.29) is 18.9 Å². The maximum Gasteiger partial charge on any atom is 0.226 e. The Labute approximate surface area is 161 Å². The average molecular weight is 399 g/mol. The van der Waals surface area contributed by atoms with E-state index < -0.39 is 0 Å². The second-order valence-corrected chi connectivity index (χ2v) is 7.05. The van der Waals surface area contributed by atoms with E-state index in [0.717, 1.165) is 18.6 Å². The second kappa shape index (κ2) is 9.37. The third kappa shape index (κ3) is 5.71. The van der Waals surface area contributed by atoms with Crippen molar-refractivity contribution in [3.8, 4) is 0 Å². The highest BCUT2D eigenvalue weighted by molar-refractivity contribution is 6.42. The molecule has 0 bridgehead atoms. The van der Waals surface area contributed by atoms with Crippen molar-refractivity contribution in [1.82, 2.24) is 10.5 Å². The van der Waals surface area contributed by atoms with Crippen LogP contribution in [0.1, 0.15) is 23.4 Å². The van der Waals surface area contributed by atoms with Crippen LogP contribution in [0.3, 0.4) is 0 Å². The zero-order chi connectivity index (χ0) is 18.4. The molecule has 8 heteroatoms. The van der Waals surface area contributed by atoms with Crippen LogP contribution in [0.5, 0.6) is 0 Å². The molecule has 0 radical (unpaired) electrons. The number of halogens is 2. The van der Waals surface area contributed by atoms with Crippen molar-refractivity contribution >= 4 is 29.1 Å². The molecule has 3 rings (SSSR count). The highest BCUT2D eigenvalue weighted by atomic mass is 35.5. The Morgan fingerprint density at radius 1 is 1.27 bits per heavy atom. The number of benzene rings is 1. The van der Waals surface area contributed by atoms with Gasteiger partial charge in [-0.2, -0.15) is 0 Å². The zero-order valence-electron chi connectivity index (χ0n) is 14.2. The van der Waals surface area contributed by atoms with Gasteiger partial charge in [-0.1, -0.05) is 34.4 Å². The fraction of sp³-hybridized carbons (Fsp3) is 0.444. The molecule has 26 heavy (non-hydrogen) atoms. The first-order valence-corrected chi connectivity index (χ1v) is 9.16. The van der Waals surface area contributed by atoms with Crippen LogP contribution in [0.15, 0.2) is 28.8 Å². The number of carbonyl (C=O) groups excluding carboxylic acids is 1. The Bertz CT molecular complexity index is 745. The second-order valence-electron chi connectivity index (χ2n) is 6.24. The van der Waals surface area contributed by atoms with E-state index in [4.69, 9.17) is 37.2 Å². The van der Waals surface area contributed by atoms with Crippen molar-refractivity contribution in [3.63, 3.8) is 0 Å². The van der Waals surface area contributed by atoms with Crippen molar-refractivity contribution in [2.75, 3.05) is 19.8 Å². The summed E-state index contributed by atoms with van der Waals surface area (Å²) in [5.74, 6) is 0.895. The SMILES string of the molecule is O=C(Cc1cc(COCc2ccc(Cl)c(Cl)c2)on1)NCC1CCOC1. The molecule has 2 heterocycles. The number of ether oxygens (including phenoxy) is 2. The van der Waals surface area contributed by atoms with Gasteiger partial charge in [0.15, 0.2) is 5.76 Å².